The van der Waals surface area contributed by atoms with Crippen molar-refractivity contribution >= 4 is 23.8 Å². The van der Waals surface area contributed by atoms with Gasteiger partial charge >= 0.3 is 0 Å². The number of hydrogen-bond acceptors (Lipinski definition) is 2. The van der Waals surface area contributed by atoms with Gasteiger partial charge in [0, 0.05) is 6.42 Å². The van der Waals surface area contributed by atoms with Crippen LogP contribution in [0.25, 0.3) is 0 Å². The molecule has 0 N–H and O–H groups in total. The monoisotopic (exact) mass is 118 g/mol. The van der Waals surface area contributed by atoms with Crippen molar-refractivity contribution < 1.29 is 9.59 Å². The van der Waals surface area contributed by atoms with Crippen LogP contribution in [0.15, 0.2) is 5.03 Å². The molecule has 2 nitrogen and oxygen atoms in total. The van der Waals surface area contributed by atoms with Gasteiger partial charge in [-0.3, -0.25) is 0 Å². The summed E-state index contributed by atoms with van der Waals surface area (Å²) in [6.07, 6.45) is 0.526. The van der Waals surface area contributed by atoms with Crippen LogP contribution in [-0.4, -0.2) is 12.2 Å². The zero-order valence-electron chi connectivity index (χ0n) is 3.48. The summed E-state index contributed by atoms with van der Waals surface area (Å²) in [5, 5.41) is -0.0741. The number of allylic oxidation sites excluding steroid dienone is 1. The summed E-state index contributed by atoms with van der Waals surface area (Å²) < 4.78 is 0. The van der Waals surface area contributed by atoms with Gasteiger partial charge in [-0.15, -0.1) is 0 Å². The van der Waals surface area contributed by atoms with E-state index in [0.29, 0.717) is 6.29 Å². The first-order valence-corrected chi connectivity index (χ1v) is 2.02. The highest BCUT2D eigenvalue weighted by atomic mass is 35.5. The van der Waals surface area contributed by atoms with Crippen LogP contribution in [0, 0.1) is 0 Å². The van der Waals surface area contributed by atoms with Crippen molar-refractivity contribution in [2.24, 2.45) is 0 Å². The molecule has 0 spiro atoms. The highest BCUT2D eigenvalue weighted by Crippen LogP contribution is 1.96. The average molecular weight is 119 g/mol. The van der Waals surface area contributed by atoms with Crippen LogP contribution >= 0.6 is 11.6 Å². The molecule has 0 aromatic carbocycles. The van der Waals surface area contributed by atoms with E-state index >= 15 is 0 Å². The first kappa shape index (κ1) is 6.41. The van der Waals surface area contributed by atoms with Crippen molar-refractivity contribution in [1.29, 1.82) is 0 Å². The van der Waals surface area contributed by atoms with Gasteiger partial charge < -0.3 is 4.79 Å². The first-order valence-electron chi connectivity index (χ1n) is 1.64. The van der Waals surface area contributed by atoms with Crippen LogP contribution in [-0.2, 0) is 9.59 Å². The molecule has 0 atom stereocenters. The molecule has 0 aromatic rings. The molecule has 0 aliphatic rings. The number of carbonyl (C=O) groups excluding carboxylic acids is 2. The van der Waals surface area contributed by atoms with Crippen LogP contribution in [0.3, 0.4) is 0 Å². The summed E-state index contributed by atoms with van der Waals surface area (Å²) in [6, 6.07) is 0. The molecule has 0 aliphatic carbocycles. The van der Waals surface area contributed by atoms with Crippen molar-refractivity contribution in [3.05, 3.63) is 5.03 Å². The molecule has 0 radical (unpaired) electrons. The lowest BCUT2D eigenvalue weighted by Crippen LogP contribution is -1.72. The van der Waals surface area contributed by atoms with Crippen molar-refractivity contribution in [2.75, 3.05) is 0 Å². The van der Waals surface area contributed by atoms with Crippen LogP contribution in [0.2, 0.25) is 0 Å². The molecule has 0 aromatic heterocycles. The lowest BCUT2D eigenvalue weighted by molar-refractivity contribution is -0.107. The first-order chi connectivity index (χ1) is 3.31. The molecule has 3 heteroatoms. The molecular weight excluding hydrogens is 115 g/mol. The Morgan fingerprint density at radius 3 is 2.57 bits per heavy atom. The quantitative estimate of drug-likeness (QED) is 0.392. The summed E-state index contributed by atoms with van der Waals surface area (Å²) >= 11 is 5.03. The molecule has 0 rings (SSSR count). The Kier molecular flexibility index (Phi) is 3.29. The molecule has 0 aliphatic heterocycles. The predicted octanol–water partition coefficient (Wildman–Crippen LogP) is 0.530. The van der Waals surface area contributed by atoms with Gasteiger partial charge in [-0.1, -0.05) is 11.6 Å². The molecular formula is C4H3ClO2. The van der Waals surface area contributed by atoms with Crippen molar-refractivity contribution in [3.8, 4) is 0 Å². The number of rotatable bonds is 2. The third-order valence-corrected chi connectivity index (χ3v) is 0.605. The molecule has 0 heterocycles. The smallest absolute Gasteiger partial charge is 0.140 e. The zero-order chi connectivity index (χ0) is 5.70. The number of halogens is 1. The summed E-state index contributed by atoms with van der Waals surface area (Å²) in [4.78, 5) is 18.9. The van der Waals surface area contributed by atoms with Gasteiger partial charge in [0.2, 0.25) is 0 Å². The molecule has 0 unspecified atom stereocenters. The van der Waals surface area contributed by atoms with E-state index in [4.69, 9.17) is 11.6 Å². The van der Waals surface area contributed by atoms with Crippen LogP contribution in [0.5, 0.6) is 0 Å². The Balaban J connectivity index is 3.58. The third-order valence-electron chi connectivity index (χ3n) is 0.373. The Bertz CT molecular complexity index is 113. The summed E-state index contributed by atoms with van der Waals surface area (Å²) in [5.41, 5.74) is 0. The van der Waals surface area contributed by atoms with E-state index in [9.17, 15) is 9.59 Å². The Morgan fingerprint density at radius 1 is 1.86 bits per heavy atom. The Morgan fingerprint density at radius 2 is 2.43 bits per heavy atom. The molecule has 0 saturated carbocycles. The summed E-state index contributed by atoms with van der Waals surface area (Å²) in [5.74, 6) is 1.37. The molecule has 7 heavy (non-hydrogen) atoms. The minimum atomic E-state index is -0.0741. The maximum Gasteiger partial charge on any atom is 0.140 e. The van der Waals surface area contributed by atoms with Gasteiger partial charge in [0.25, 0.3) is 0 Å². The minimum absolute atomic E-state index is 0.0228. The number of aldehydes is 1. The van der Waals surface area contributed by atoms with Crippen LogP contribution in [0.4, 0.5) is 0 Å². The predicted molar refractivity (Wildman–Crippen MR) is 25.7 cm³/mol. The highest BCUT2D eigenvalue weighted by Gasteiger charge is 1.85. The van der Waals surface area contributed by atoms with Crippen molar-refractivity contribution in [3.63, 3.8) is 0 Å². The topological polar surface area (TPSA) is 34.1 Å². The standard InChI is InChI=1S/C4H3ClO2/c5-4(3-7)1-2-6/h2H,1H2. The van der Waals surface area contributed by atoms with E-state index < -0.39 is 0 Å². The van der Waals surface area contributed by atoms with Gasteiger partial charge in [-0.2, -0.15) is 0 Å². The average Bonchev–Trinajstić information content (AvgIpc) is 1.68. The second kappa shape index (κ2) is 3.59. The fourth-order valence-electron chi connectivity index (χ4n) is 0.115. The van der Waals surface area contributed by atoms with E-state index in [1.165, 1.54) is 5.94 Å². The molecule has 0 fully saturated rings. The second-order valence-electron chi connectivity index (χ2n) is 0.878. The van der Waals surface area contributed by atoms with E-state index in [2.05, 4.69) is 0 Å². The van der Waals surface area contributed by atoms with Gasteiger partial charge in [-0.25, -0.2) is 4.79 Å². The van der Waals surface area contributed by atoms with Crippen LogP contribution < -0.4 is 0 Å². The molecule has 38 valence electrons. The summed E-state index contributed by atoms with van der Waals surface area (Å²) in [6.45, 7) is 0. The van der Waals surface area contributed by atoms with Gasteiger partial charge in [0.15, 0.2) is 0 Å². The van der Waals surface area contributed by atoms with E-state index in [0.717, 1.165) is 0 Å². The summed E-state index contributed by atoms with van der Waals surface area (Å²) in [7, 11) is 0. The Hall–Kier alpha value is -0.590. The Labute approximate surface area is 45.8 Å². The van der Waals surface area contributed by atoms with Gasteiger partial charge in [0.05, 0.1) is 0 Å². The maximum absolute atomic E-state index is 9.49. The number of hydrogen-bond donors (Lipinski definition) is 0. The van der Waals surface area contributed by atoms with E-state index in [1.807, 2.05) is 0 Å². The third kappa shape index (κ3) is 3.23. The lowest BCUT2D eigenvalue weighted by atomic mass is 10.5. The largest absolute Gasteiger partial charge is 0.303 e. The zero-order valence-corrected chi connectivity index (χ0v) is 4.23. The molecule has 0 amide bonds. The van der Waals surface area contributed by atoms with Crippen molar-refractivity contribution in [1.82, 2.24) is 0 Å². The molecule has 0 bridgehead atoms. The van der Waals surface area contributed by atoms with Crippen molar-refractivity contribution in [2.45, 2.75) is 6.42 Å². The van der Waals surface area contributed by atoms with E-state index in [1.54, 1.807) is 0 Å². The SMILES string of the molecule is O=C=C(Cl)CC=O. The highest BCUT2D eigenvalue weighted by molar-refractivity contribution is 6.33. The number of carbonyl (C=O) groups is 1. The van der Waals surface area contributed by atoms with E-state index in [-0.39, 0.29) is 11.5 Å². The fourth-order valence-corrected chi connectivity index (χ4v) is 0.178. The van der Waals surface area contributed by atoms with Gasteiger partial charge in [0.1, 0.15) is 17.3 Å². The van der Waals surface area contributed by atoms with Gasteiger partial charge in [-0.05, 0) is 0 Å². The lowest BCUT2D eigenvalue weighted by Gasteiger charge is -1.72. The molecule has 0 saturated heterocycles. The minimum Gasteiger partial charge on any atom is -0.303 e. The fraction of sp³-hybridized carbons (Fsp3) is 0.250. The second-order valence-corrected chi connectivity index (χ2v) is 1.33. The van der Waals surface area contributed by atoms with Crippen LogP contribution in [0.1, 0.15) is 6.42 Å². The normalized spacial score (nSPS) is 7.00. The maximum atomic E-state index is 9.49.